The van der Waals surface area contributed by atoms with E-state index >= 15 is 0 Å². The van der Waals surface area contributed by atoms with Gasteiger partial charge in [-0.3, -0.25) is 9.89 Å². The van der Waals surface area contributed by atoms with Gasteiger partial charge in [-0.25, -0.2) is 4.99 Å². The molecule has 0 fully saturated rings. The van der Waals surface area contributed by atoms with E-state index in [-0.39, 0.29) is 12.7 Å². The van der Waals surface area contributed by atoms with Crippen molar-refractivity contribution < 1.29 is 13.2 Å². The van der Waals surface area contributed by atoms with Crippen molar-refractivity contribution in [1.29, 1.82) is 0 Å². The maximum Gasteiger partial charge on any atom is 0.390 e. The molecular weight excluding hydrogens is 233 g/mol. The summed E-state index contributed by atoms with van der Waals surface area (Å²) in [6, 6.07) is 0. The summed E-state index contributed by atoms with van der Waals surface area (Å²) in [5.41, 5.74) is 6.28. The van der Waals surface area contributed by atoms with Gasteiger partial charge in [-0.05, 0) is 6.92 Å². The number of nitrogens with two attached hydrogens (primary N) is 1. The summed E-state index contributed by atoms with van der Waals surface area (Å²) < 4.78 is 36.5. The van der Waals surface area contributed by atoms with Gasteiger partial charge < -0.3 is 5.73 Å². The zero-order valence-electron chi connectivity index (χ0n) is 9.74. The maximum atomic E-state index is 12.2. The molecule has 1 rings (SSSR count). The summed E-state index contributed by atoms with van der Waals surface area (Å²) >= 11 is 0. The van der Waals surface area contributed by atoms with Gasteiger partial charge in [0.2, 0.25) is 0 Å². The molecule has 1 aliphatic rings. The fourth-order valence-electron chi connectivity index (χ4n) is 1.65. The highest BCUT2D eigenvalue weighted by molar-refractivity contribution is 5.90. The average molecular weight is 250 g/mol. The van der Waals surface area contributed by atoms with Crippen LogP contribution in [-0.4, -0.2) is 48.9 Å². The van der Waals surface area contributed by atoms with Crippen LogP contribution in [0.5, 0.6) is 0 Å². The molecule has 7 heteroatoms. The SMILES string of the molecule is CC1=NC=NC(N(CCN)CCC(F)(F)F)C1. The van der Waals surface area contributed by atoms with Crippen LogP contribution in [0, 0.1) is 0 Å². The molecule has 0 bridgehead atoms. The van der Waals surface area contributed by atoms with E-state index in [0.717, 1.165) is 5.71 Å². The number of halogens is 3. The highest BCUT2D eigenvalue weighted by Crippen LogP contribution is 2.21. The molecule has 1 unspecified atom stereocenters. The Balaban J connectivity index is 2.54. The van der Waals surface area contributed by atoms with Crippen molar-refractivity contribution in [2.75, 3.05) is 19.6 Å². The number of hydrogen-bond donors (Lipinski definition) is 1. The Labute approximate surface area is 98.4 Å². The molecule has 2 N–H and O–H groups in total. The molecule has 0 aliphatic carbocycles. The van der Waals surface area contributed by atoms with E-state index in [1.807, 2.05) is 6.92 Å². The van der Waals surface area contributed by atoms with Crippen LogP contribution in [-0.2, 0) is 0 Å². The lowest BCUT2D eigenvalue weighted by molar-refractivity contribution is -0.138. The summed E-state index contributed by atoms with van der Waals surface area (Å²) in [4.78, 5) is 9.72. The molecule has 0 aromatic carbocycles. The van der Waals surface area contributed by atoms with Crippen molar-refractivity contribution in [2.24, 2.45) is 15.7 Å². The van der Waals surface area contributed by atoms with E-state index in [1.165, 1.54) is 6.34 Å². The number of aliphatic imine (C=N–C) groups is 2. The second-order valence-corrected chi connectivity index (χ2v) is 4.00. The molecule has 98 valence electrons. The number of alkyl halides is 3. The van der Waals surface area contributed by atoms with Crippen molar-refractivity contribution in [1.82, 2.24) is 4.90 Å². The minimum Gasteiger partial charge on any atom is -0.329 e. The van der Waals surface area contributed by atoms with Crippen molar-refractivity contribution in [3.8, 4) is 0 Å². The molecule has 0 saturated heterocycles. The monoisotopic (exact) mass is 250 g/mol. The van der Waals surface area contributed by atoms with Gasteiger partial charge in [0.15, 0.2) is 0 Å². The summed E-state index contributed by atoms with van der Waals surface area (Å²) in [6.45, 7) is 2.49. The first-order valence-corrected chi connectivity index (χ1v) is 5.48. The predicted octanol–water partition coefficient (Wildman–Crippen LogP) is 1.42. The molecule has 0 aromatic heterocycles. The van der Waals surface area contributed by atoms with Crippen molar-refractivity contribution in [2.45, 2.75) is 32.1 Å². The van der Waals surface area contributed by atoms with Gasteiger partial charge in [-0.15, -0.1) is 0 Å². The van der Waals surface area contributed by atoms with Crippen LogP contribution >= 0.6 is 0 Å². The molecule has 4 nitrogen and oxygen atoms in total. The molecule has 17 heavy (non-hydrogen) atoms. The van der Waals surface area contributed by atoms with Crippen LogP contribution in [0.15, 0.2) is 9.98 Å². The van der Waals surface area contributed by atoms with Gasteiger partial charge in [0, 0.05) is 31.8 Å². The second-order valence-electron chi connectivity index (χ2n) is 4.00. The van der Waals surface area contributed by atoms with Gasteiger partial charge in [0.1, 0.15) is 12.5 Å². The van der Waals surface area contributed by atoms with E-state index in [9.17, 15) is 13.2 Å². The van der Waals surface area contributed by atoms with E-state index in [2.05, 4.69) is 9.98 Å². The smallest absolute Gasteiger partial charge is 0.329 e. The largest absolute Gasteiger partial charge is 0.390 e. The van der Waals surface area contributed by atoms with Gasteiger partial charge >= 0.3 is 6.18 Å². The number of hydrogen-bond acceptors (Lipinski definition) is 4. The van der Waals surface area contributed by atoms with Crippen molar-refractivity contribution in [3.05, 3.63) is 0 Å². The lowest BCUT2D eigenvalue weighted by Crippen LogP contribution is -2.41. The van der Waals surface area contributed by atoms with E-state index < -0.39 is 12.6 Å². The molecule has 0 spiro atoms. The van der Waals surface area contributed by atoms with Crippen LogP contribution in [0.25, 0.3) is 0 Å². The molecule has 1 atom stereocenters. The standard InChI is InChI=1S/C10H17F3N4/c1-8-6-9(16-7-15-8)17(5-3-14)4-2-10(11,12)13/h7,9H,2-6,14H2,1H3. The van der Waals surface area contributed by atoms with Crippen LogP contribution in [0.1, 0.15) is 19.8 Å². The molecule has 1 heterocycles. The summed E-state index contributed by atoms with van der Waals surface area (Å²) in [5.74, 6) is 0. The number of nitrogens with zero attached hydrogens (tertiary/aromatic N) is 3. The highest BCUT2D eigenvalue weighted by atomic mass is 19.4. The Morgan fingerprint density at radius 1 is 1.47 bits per heavy atom. The van der Waals surface area contributed by atoms with Gasteiger partial charge in [-0.1, -0.05) is 0 Å². The van der Waals surface area contributed by atoms with Crippen LogP contribution < -0.4 is 5.73 Å². The minimum absolute atomic E-state index is 0.0734. The van der Waals surface area contributed by atoms with Gasteiger partial charge in [0.25, 0.3) is 0 Å². The first kappa shape index (κ1) is 14.1. The third-order valence-corrected chi connectivity index (χ3v) is 2.52. The number of rotatable bonds is 5. The molecule has 1 aliphatic heterocycles. The predicted molar refractivity (Wildman–Crippen MR) is 61.3 cm³/mol. The summed E-state index contributed by atoms with van der Waals surface area (Å²) in [7, 11) is 0. The fourth-order valence-corrected chi connectivity index (χ4v) is 1.65. The fraction of sp³-hybridized carbons (Fsp3) is 0.800. The van der Waals surface area contributed by atoms with Gasteiger partial charge in [0.05, 0.1) is 6.42 Å². The Morgan fingerprint density at radius 2 is 2.18 bits per heavy atom. The Bertz CT molecular complexity index is 298. The first-order chi connectivity index (χ1) is 7.92. The Kier molecular flexibility index (Phi) is 5.07. The van der Waals surface area contributed by atoms with E-state index in [4.69, 9.17) is 5.73 Å². The van der Waals surface area contributed by atoms with Gasteiger partial charge in [-0.2, -0.15) is 13.2 Å². The van der Waals surface area contributed by atoms with E-state index in [1.54, 1.807) is 4.90 Å². The molecule has 0 amide bonds. The molecule has 0 radical (unpaired) electrons. The first-order valence-electron chi connectivity index (χ1n) is 5.48. The third kappa shape index (κ3) is 5.27. The third-order valence-electron chi connectivity index (χ3n) is 2.52. The average Bonchev–Trinajstić information content (AvgIpc) is 2.23. The molecular formula is C10H17F3N4. The van der Waals surface area contributed by atoms with Crippen LogP contribution in [0.3, 0.4) is 0 Å². The maximum absolute atomic E-state index is 12.2. The van der Waals surface area contributed by atoms with Crippen LogP contribution in [0.4, 0.5) is 13.2 Å². The quantitative estimate of drug-likeness (QED) is 0.802. The summed E-state index contributed by atoms with van der Waals surface area (Å²) in [6.07, 6.45) is -3.28. The summed E-state index contributed by atoms with van der Waals surface area (Å²) in [5, 5.41) is 0. The normalized spacial score (nSPS) is 20.8. The Morgan fingerprint density at radius 3 is 2.71 bits per heavy atom. The van der Waals surface area contributed by atoms with Crippen LogP contribution in [0.2, 0.25) is 0 Å². The highest BCUT2D eigenvalue weighted by Gasteiger charge is 2.29. The minimum atomic E-state index is -4.14. The lowest BCUT2D eigenvalue weighted by Gasteiger charge is -2.29. The zero-order chi connectivity index (χ0) is 12.9. The Hall–Kier alpha value is -0.950. The molecule has 0 aromatic rings. The lowest BCUT2D eigenvalue weighted by atomic mass is 10.2. The second kappa shape index (κ2) is 6.11. The van der Waals surface area contributed by atoms with Crippen molar-refractivity contribution >= 4 is 12.1 Å². The molecule has 0 saturated carbocycles. The van der Waals surface area contributed by atoms with Crippen molar-refractivity contribution in [3.63, 3.8) is 0 Å². The zero-order valence-corrected chi connectivity index (χ0v) is 9.74. The topological polar surface area (TPSA) is 54.0 Å². The van der Waals surface area contributed by atoms with E-state index in [0.29, 0.717) is 19.5 Å².